The lowest BCUT2D eigenvalue weighted by molar-refractivity contribution is -0.137. The van der Waals surface area contributed by atoms with Crippen LogP contribution >= 0.6 is 11.6 Å². The Morgan fingerprint density at radius 1 is 1.24 bits per heavy atom. The summed E-state index contributed by atoms with van der Waals surface area (Å²) in [5.41, 5.74) is 3.87. The highest BCUT2D eigenvalue weighted by molar-refractivity contribution is 6.31. The molecule has 0 heterocycles. The van der Waals surface area contributed by atoms with E-state index in [1.54, 1.807) is 0 Å². The van der Waals surface area contributed by atoms with E-state index in [1.165, 1.54) is 13.1 Å². The fourth-order valence-corrected chi connectivity index (χ4v) is 1.93. The lowest BCUT2D eigenvalue weighted by atomic mass is 10.2. The number of likely N-dealkylation sites (N-methyl/N-ethyl adjacent to an activating group) is 1. The van der Waals surface area contributed by atoms with Gasteiger partial charge < -0.3 is 21.3 Å². The maximum Gasteiger partial charge on any atom is 0.417 e. The molecule has 7 nitrogen and oxygen atoms in total. The van der Waals surface area contributed by atoms with E-state index in [9.17, 15) is 27.6 Å². The van der Waals surface area contributed by atoms with Gasteiger partial charge in [0.1, 0.15) is 0 Å². The summed E-state index contributed by atoms with van der Waals surface area (Å²) in [5.74, 6) is -1.81. The molecule has 3 amide bonds. The van der Waals surface area contributed by atoms with E-state index in [2.05, 4.69) is 10.6 Å². The monoisotopic (exact) mass is 380 g/mol. The van der Waals surface area contributed by atoms with Crippen LogP contribution in [0.4, 0.5) is 18.9 Å². The second-order valence-electron chi connectivity index (χ2n) is 4.97. The van der Waals surface area contributed by atoms with Crippen molar-refractivity contribution in [3.63, 3.8) is 0 Å². The van der Waals surface area contributed by atoms with Crippen LogP contribution in [0.25, 0.3) is 0 Å². The molecule has 0 unspecified atom stereocenters. The van der Waals surface area contributed by atoms with Gasteiger partial charge in [-0.15, -0.1) is 0 Å². The molecule has 11 heteroatoms. The van der Waals surface area contributed by atoms with Crippen molar-refractivity contribution in [2.45, 2.75) is 6.18 Å². The first-order valence-corrected chi connectivity index (χ1v) is 7.29. The van der Waals surface area contributed by atoms with E-state index >= 15 is 0 Å². The van der Waals surface area contributed by atoms with Gasteiger partial charge >= 0.3 is 6.18 Å². The van der Waals surface area contributed by atoms with E-state index in [0.717, 1.165) is 11.0 Å². The number of nitrogens with zero attached hydrogens (tertiary/aromatic N) is 1. The largest absolute Gasteiger partial charge is 0.417 e. The van der Waals surface area contributed by atoms with Gasteiger partial charge in [0.2, 0.25) is 17.7 Å². The predicted octanol–water partition coefficient (Wildman–Crippen LogP) is 0.831. The third-order valence-corrected chi connectivity index (χ3v) is 3.31. The summed E-state index contributed by atoms with van der Waals surface area (Å²) in [6.07, 6.45) is -4.66. The molecule has 0 aromatic heterocycles. The molecule has 0 bridgehead atoms. The normalized spacial score (nSPS) is 11.0. The van der Waals surface area contributed by atoms with Gasteiger partial charge in [-0.25, -0.2) is 0 Å². The van der Waals surface area contributed by atoms with E-state index in [-0.39, 0.29) is 18.8 Å². The zero-order chi connectivity index (χ0) is 19.2. The van der Waals surface area contributed by atoms with Gasteiger partial charge in [-0.3, -0.25) is 14.4 Å². The standard InChI is InChI=1S/C14H16ClF3N4O3/c1-22(13(25)6-20-11(23)5-19)7-12(24)21-8-2-3-10(15)9(4-8)14(16,17)18/h2-4H,5-7,19H2,1H3,(H,20,23)(H,21,24). The molecule has 0 aliphatic rings. The highest BCUT2D eigenvalue weighted by atomic mass is 35.5. The maximum absolute atomic E-state index is 12.8. The fourth-order valence-electron chi connectivity index (χ4n) is 1.71. The van der Waals surface area contributed by atoms with Crippen LogP contribution in [-0.2, 0) is 20.6 Å². The summed E-state index contributed by atoms with van der Waals surface area (Å²) in [5, 5.41) is 3.99. The minimum atomic E-state index is -4.66. The number of benzene rings is 1. The van der Waals surface area contributed by atoms with Gasteiger partial charge in [-0.05, 0) is 18.2 Å². The minimum absolute atomic E-state index is 0.112. The van der Waals surface area contributed by atoms with Crippen molar-refractivity contribution in [2.75, 3.05) is 32.0 Å². The molecule has 0 radical (unpaired) electrons. The Balaban J connectivity index is 2.65. The molecule has 0 spiro atoms. The smallest absolute Gasteiger partial charge is 0.346 e. The molecule has 4 N–H and O–H groups in total. The average molecular weight is 381 g/mol. The minimum Gasteiger partial charge on any atom is -0.346 e. The number of amides is 3. The Kier molecular flexibility index (Phi) is 7.19. The molecule has 138 valence electrons. The SMILES string of the molecule is CN(CC(=O)Nc1ccc(Cl)c(C(F)(F)F)c1)C(=O)CNC(=O)CN. The first-order valence-electron chi connectivity index (χ1n) is 6.92. The molecule has 0 fully saturated rings. The van der Waals surface area contributed by atoms with Gasteiger partial charge in [0.05, 0.1) is 30.2 Å². The number of nitrogens with two attached hydrogens (primary N) is 1. The zero-order valence-corrected chi connectivity index (χ0v) is 13.9. The molecule has 0 saturated carbocycles. The Labute approximate surface area is 146 Å². The lowest BCUT2D eigenvalue weighted by Gasteiger charge is -2.17. The van der Waals surface area contributed by atoms with Gasteiger partial charge in [-0.1, -0.05) is 11.6 Å². The van der Waals surface area contributed by atoms with Crippen molar-refractivity contribution < 1.29 is 27.6 Å². The summed E-state index contributed by atoms with van der Waals surface area (Å²) in [6, 6.07) is 2.92. The van der Waals surface area contributed by atoms with Crippen LogP contribution in [0.2, 0.25) is 5.02 Å². The highest BCUT2D eigenvalue weighted by Gasteiger charge is 2.33. The summed E-state index contributed by atoms with van der Waals surface area (Å²) < 4.78 is 38.3. The Morgan fingerprint density at radius 3 is 2.44 bits per heavy atom. The molecule has 0 aliphatic carbocycles. The first-order chi connectivity index (χ1) is 11.5. The van der Waals surface area contributed by atoms with Crippen molar-refractivity contribution >= 4 is 35.0 Å². The van der Waals surface area contributed by atoms with E-state index in [4.69, 9.17) is 17.3 Å². The molecule has 0 aliphatic heterocycles. The molecule has 0 atom stereocenters. The highest BCUT2D eigenvalue weighted by Crippen LogP contribution is 2.36. The molecule has 1 aromatic carbocycles. The second-order valence-corrected chi connectivity index (χ2v) is 5.38. The molecule has 1 rings (SSSR count). The molecule has 1 aromatic rings. The van der Waals surface area contributed by atoms with Gasteiger partial charge in [-0.2, -0.15) is 13.2 Å². The number of nitrogens with one attached hydrogen (secondary N) is 2. The van der Waals surface area contributed by atoms with Crippen molar-refractivity contribution in [3.8, 4) is 0 Å². The Bertz CT molecular complexity index is 667. The number of carbonyl (C=O) groups is 3. The van der Waals surface area contributed by atoms with Crippen molar-refractivity contribution in [3.05, 3.63) is 28.8 Å². The Morgan fingerprint density at radius 2 is 1.88 bits per heavy atom. The summed E-state index contributed by atoms with van der Waals surface area (Å²) >= 11 is 5.49. The molecular formula is C14H16ClF3N4O3. The number of hydrogen-bond donors (Lipinski definition) is 3. The van der Waals surface area contributed by atoms with Gasteiger partial charge in [0.25, 0.3) is 0 Å². The van der Waals surface area contributed by atoms with Crippen LogP contribution in [0, 0.1) is 0 Å². The first kappa shape index (κ1) is 20.7. The number of carbonyl (C=O) groups excluding carboxylic acids is 3. The van der Waals surface area contributed by atoms with E-state index < -0.39 is 41.0 Å². The summed E-state index contributed by atoms with van der Waals surface area (Å²) in [7, 11) is 1.31. The van der Waals surface area contributed by atoms with Crippen LogP contribution in [0.1, 0.15) is 5.56 Å². The van der Waals surface area contributed by atoms with Crippen LogP contribution in [0.15, 0.2) is 18.2 Å². The van der Waals surface area contributed by atoms with Gasteiger partial charge in [0, 0.05) is 12.7 Å². The van der Waals surface area contributed by atoms with Crippen molar-refractivity contribution in [2.24, 2.45) is 5.73 Å². The third-order valence-electron chi connectivity index (χ3n) is 2.98. The Hall–Kier alpha value is -2.33. The number of hydrogen-bond acceptors (Lipinski definition) is 4. The van der Waals surface area contributed by atoms with Crippen LogP contribution < -0.4 is 16.4 Å². The maximum atomic E-state index is 12.8. The predicted molar refractivity (Wildman–Crippen MR) is 84.8 cm³/mol. The molecule has 25 heavy (non-hydrogen) atoms. The third kappa shape index (κ3) is 6.59. The number of alkyl halides is 3. The second kappa shape index (κ2) is 8.67. The summed E-state index contributed by atoms with van der Waals surface area (Å²) in [6.45, 7) is -1.05. The number of rotatable bonds is 6. The van der Waals surface area contributed by atoms with Crippen LogP contribution in [-0.4, -0.2) is 49.3 Å². The van der Waals surface area contributed by atoms with E-state index in [1.807, 2.05) is 0 Å². The lowest BCUT2D eigenvalue weighted by Crippen LogP contribution is -2.42. The van der Waals surface area contributed by atoms with Crippen LogP contribution in [0.3, 0.4) is 0 Å². The van der Waals surface area contributed by atoms with Crippen LogP contribution in [0.5, 0.6) is 0 Å². The van der Waals surface area contributed by atoms with Gasteiger partial charge in [0.15, 0.2) is 0 Å². The number of anilines is 1. The van der Waals surface area contributed by atoms with E-state index in [0.29, 0.717) is 6.07 Å². The number of halogens is 4. The quantitative estimate of drug-likeness (QED) is 0.680. The van der Waals surface area contributed by atoms with Crippen molar-refractivity contribution in [1.82, 2.24) is 10.2 Å². The summed E-state index contributed by atoms with van der Waals surface area (Å²) in [4.78, 5) is 35.5. The molecular weight excluding hydrogens is 365 g/mol. The zero-order valence-electron chi connectivity index (χ0n) is 13.1. The van der Waals surface area contributed by atoms with Crippen molar-refractivity contribution in [1.29, 1.82) is 0 Å². The average Bonchev–Trinajstić information content (AvgIpc) is 2.52. The topological polar surface area (TPSA) is 105 Å². The fraction of sp³-hybridized carbons (Fsp3) is 0.357. The molecule has 0 saturated heterocycles.